The van der Waals surface area contributed by atoms with Crippen molar-refractivity contribution in [2.24, 2.45) is 0 Å². The number of anilines is 2. The predicted molar refractivity (Wildman–Crippen MR) is 89.1 cm³/mol. The summed E-state index contributed by atoms with van der Waals surface area (Å²) in [4.78, 5) is 8.00. The predicted octanol–water partition coefficient (Wildman–Crippen LogP) is 3.48. The standard InChI is InChI=1S/C15H19N5S/c1-3-20(4-2)15-17-10-12(21-15)9-16-13-7-5-6-11-8-18-19-14(11)13/h5-8,10,16H,3-4,9H2,1-2H3,(H,18,19). The number of nitrogens with one attached hydrogen (secondary N) is 2. The second kappa shape index (κ2) is 6.13. The molecule has 0 unspecified atom stereocenters. The number of benzene rings is 1. The number of aromatic nitrogens is 3. The van der Waals surface area contributed by atoms with Crippen molar-refractivity contribution in [3.8, 4) is 0 Å². The zero-order chi connectivity index (χ0) is 14.7. The summed E-state index contributed by atoms with van der Waals surface area (Å²) in [5, 5.41) is 12.8. The third-order valence-corrected chi connectivity index (χ3v) is 4.56. The maximum atomic E-state index is 4.51. The van der Waals surface area contributed by atoms with Crippen LogP contribution in [0.15, 0.2) is 30.6 Å². The fourth-order valence-corrected chi connectivity index (χ4v) is 3.29. The molecule has 2 N–H and O–H groups in total. The van der Waals surface area contributed by atoms with Crippen molar-refractivity contribution in [2.75, 3.05) is 23.3 Å². The highest BCUT2D eigenvalue weighted by atomic mass is 32.1. The van der Waals surface area contributed by atoms with E-state index in [2.05, 4.69) is 51.4 Å². The minimum absolute atomic E-state index is 0.775. The number of fused-ring (bicyclic) bond motifs is 1. The highest BCUT2D eigenvalue weighted by Gasteiger charge is 2.08. The van der Waals surface area contributed by atoms with Crippen LogP contribution in [0.25, 0.3) is 10.9 Å². The Morgan fingerprint density at radius 2 is 2.10 bits per heavy atom. The van der Waals surface area contributed by atoms with Crippen molar-refractivity contribution >= 4 is 33.1 Å². The Hall–Kier alpha value is -2.08. The number of thiazole rings is 1. The molecule has 5 nitrogen and oxygen atoms in total. The van der Waals surface area contributed by atoms with E-state index >= 15 is 0 Å². The molecule has 0 amide bonds. The summed E-state index contributed by atoms with van der Waals surface area (Å²) in [5.41, 5.74) is 2.12. The first kappa shape index (κ1) is 13.9. The minimum Gasteiger partial charge on any atom is -0.378 e. The van der Waals surface area contributed by atoms with Crippen LogP contribution in [0.5, 0.6) is 0 Å². The topological polar surface area (TPSA) is 56.8 Å². The zero-order valence-electron chi connectivity index (χ0n) is 12.3. The van der Waals surface area contributed by atoms with E-state index in [0.717, 1.165) is 41.4 Å². The lowest BCUT2D eigenvalue weighted by molar-refractivity contribution is 0.860. The average Bonchev–Trinajstić information content (AvgIpc) is 3.15. The van der Waals surface area contributed by atoms with Crippen molar-refractivity contribution < 1.29 is 0 Å². The van der Waals surface area contributed by atoms with Crippen molar-refractivity contribution in [2.45, 2.75) is 20.4 Å². The number of hydrogen-bond donors (Lipinski definition) is 2. The third kappa shape index (κ3) is 2.85. The molecule has 0 aliphatic heterocycles. The molecule has 0 saturated carbocycles. The minimum atomic E-state index is 0.775. The molecule has 0 aliphatic carbocycles. The molecule has 2 heterocycles. The van der Waals surface area contributed by atoms with E-state index in [1.165, 1.54) is 4.88 Å². The number of nitrogens with zero attached hydrogens (tertiary/aromatic N) is 3. The number of hydrogen-bond acceptors (Lipinski definition) is 5. The molecule has 2 aromatic heterocycles. The summed E-state index contributed by atoms with van der Waals surface area (Å²) in [6.07, 6.45) is 3.80. The van der Waals surface area contributed by atoms with Gasteiger partial charge in [0.15, 0.2) is 5.13 Å². The molecule has 0 radical (unpaired) electrons. The Kier molecular flexibility index (Phi) is 4.06. The van der Waals surface area contributed by atoms with Crippen LogP contribution in [0.2, 0.25) is 0 Å². The van der Waals surface area contributed by atoms with Crippen LogP contribution in [0, 0.1) is 0 Å². The van der Waals surface area contributed by atoms with Gasteiger partial charge in [-0.05, 0) is 19.9 Å². The van der Waals surface area contributed by atoms with Gasteiger partial charge in [-0.15, -0.1) is 11.3 Å². The second-order valence-corrected chi connectivity index (χ2v) is 5.87. The van der Waals surface area contributed by atoms with Gasteiger partial charge in [0.2, 0.25) is 0 Å². The lowest BCUT2D eigenvalue weighted by atomic mass is 10.2. The quantitative estimate of drug-likeness (QED) is 0.732. The average molecular weight is 301 g/mol. The molecule has 21 heavy (non-hydrogen) atoms. The molecule has 0 aliphatic rings. The van der Waals surface area contributed by atoms with Gasteiger partial charge in [0.1, 0.15) is 0 Å². The Morgan fingerprint density at radius 1 is 1.24 bits per heavy atom. The number of para-hydroxylation sites is 1. The van der Waals surface area contributed by atoms with Crippen LogP contribution >= 0.6 is 11.3 Å². The van der Waals surface area contributed by atoms with Gasteiger partial charge >= 0.3 is 0 Å². The van der Waals surface area contributed by atoms with E-state index in [1.807, 2.05) is 18.5 Å². The van der Waals surface area contributed by atoms with E-state index in [-0.39, 0.29) is 0 Å². The number of aromatic amines is 1. The van der Waals surface area contributed by atoms with Crippen molar-refractivity contribution in [1.29, 1.82) is 0 Å². The number of H-pyrrole nitrogens is 1. The molecule has 1 aromatic carbocycles. The summed E-state index contributed by atoms with van der Waals surface area (Å²) in [6.45, 7) is 7.06. The molecule has 110 valence electrons. The SMILES string of the molecule is CCN(CC)c1ncc(CNc2cccc3cn[nH]c23)s1. The molecule has 0 saturated heterocycles. The van der Waals surface area contributed by atoms with Gasteiger partial charge in [-0.25, -0.2) is 4.98 Å². The Bertz CT molecular complexity index is 714. The van der Waals surface area contributed by atoms with Gasteiger partial charge < -0.3 is 10.2 Å². The second-order valence-electron chi connectivity index (χ2n) is 4.77. The van der Waals surface area contributed by atoms with E-state index in [0.29, 0.717) is 0 Å². The maximum Gasteiger partial charge on any atom is 0.185 e. The monoisotopic (exact) mass is 301 g/mol. The highest BCUT2D eigenvalue weighted by molar-refractivity contribution is 7.15. The normalized spacial score (nSPS) is 11.0. The number of rotatable bonds is 6. The van der Waals surface area contributed by atoms with Crippen LogP contribution in [0.3, 0.4) is 0 Å². The summed E-state index contributed by atoms with van der Waals surface area (Å²) < 4.78 is 0. The largest absolute Gasteiger partial charge is 0.378 e. The molecule has 0 fully saturated rings. The van der Waals surface area contributed by atoms with Crippen molar-refractivity contribution in [3.63, 3.8) is 0 Å². The molecule has 0 atom stereocenters. The van der Waals surface area contributed by atoms with Gasteiger partial charge in [0.05, 0.1) is 23.9 Å². The molecule has 3 rings (SSSR count). The van der Waals surface area contributed by atoms with Crippen LogP contribution in [0.4, 0.5) is 10.8 Å². The first-order chi connectivity index (χ1) is 10.3. The molecular weight excluding hydrogens is 282 g/mol. The van der Waals surface area contributed by atoms with Gasteiger partial charge in [-0.2, -0.15) is 5.10 Å². The summed E-state index contributed by atoms with van der Waals surface area (Å²) in [7, 11) is 0. The molecule has 0 bridgehead atoms. The Labute approximate surface area is 128 Å². The van der Waals surface area contributed by atoms with Crippen molar-refractivity contribution in [1.82, 2.24) is 15.2 Å². The smallest absolute Gasteiger partial charge is 0.185 e. The summed E-state index contributed by atoms with van der Waals surface area (Å²) in [5.74, 6) is 0. The fourth-order valence-electron chi connectivity index (χ4n) is 2.32. The highest BCUT2D eigenvalue weighted by Crippen LogP contribution is 2.25. The van der Waals surface area contributed by atoms with Crippen LogP contribution in [-0.2, 0) is 6.54 Å². The molecule has 6 heteroatoms. The summed E-state index contributed by atoms with van der Waals surface area (Å²) in [6, 6.07) is 6.15. The first-order valence-electron chi connectivity index (χ1n) is 7.17. The van der Waals surface area contributed by atoms with Gasteiger partial charge in [-0.1, -0.05) is 12.1 Å². The van der Waals surface area contributed by atoms with E-state index in [1.54, 1.807) is 11.3 Å². The first-order valence-corrected chi connectivity index (χ1v) is 7.99. The lowest BCUT2D eigenvalue weighted by Gasteiger charge is -2.16. The van der Waals surface area contributed by atoms with Crippen LogP contribution < -0.4 is 10.2 Å². The third-order valence-electron chi connectivity index (χ3n) is 3.51. The van der Waals surface area contributed by atoms with Crippen LogP contribution in [0.1, 0.15) is 18.7 Å². The fraction of sp³-hybridized carbons (Fsp3) is 0.333. The van der Waals surface area contributed by atoms with Crippen molar-refractivity contribution in [3.05, 3.63) is 35.5 Å². The summed E-state index contributed by atoms with van der Waals surface area (Å²) >= 11 is 1.74. The van der Waals surface area contributed by atoms with Gasteiger partial charge in [0.25, 0.3) is 0 Å². The molecule has 3 aromatic rings. The van der Waals surface area contributed by atoms with E-state index < -0.39 is 0 Å². The molecule has 0 spiro atoms. The van der Waals surface area contributed by atoms with Gasteiger partial charge in [0, 0.05) is 29.5 Å². The van der Waals surface area contributed by atoms with E-state index in [9.17, 15) is 0 Å². The Morgan fingerprint density at radius 3 is 2.90 bits per heavy atom. The Balaban J connectivity index is 1.72. The van der Waals surface area contributed by atoms with E-state index in [4.69, 9.17) is 0 Å². The van der Waals surface area contributed by atoms with Crippen LogP contribution in [-0.4, -0.2) is 28.3 Å². The maximum absolute atomic E-state index is 4.51. The lowest BCUT2D eigenvalue weighted by Crippen LogP contribution is -2.21. The zero-order valence-corrected chi connectivity index (χ0v) is 13.1. The van der Waals surface area contributed by atoms with Gasteiger partial charge in [-0.3, -0.25) is 5.10 Å². The molecular formula is C15H19N5S.